The van der Waals surface area contributed by atoms with Crippen molar-refractivity contribution in [2.24, 2.45) is 0 Å². The van der Waals surface area contributed by atoms with E-state index < -0.39 is 0 Å². The van der Waals surface area contributed by atoms with Gasteiger partial charge in [0.25, 0.3) is 0 Å². The molecular formula is C8H20N4. The van der Waals surface area contributed by atoms with Crippen LogP contribution in [0.15, 0.2) is 0 Å². The first-order valence-corrected chi connectivity index (χ1v) is 4.67. The molecule has 0 saturated carbocycles. The molecule has 0 radical (unpaired) electrons. The third-order valence-corrected chi connectivity index (χ3v) is 2.24. The van der Waals surface area contributed by atoms with Crippen LogP contribution in [-0.4, -0.2) is 43.3 Å². The molecule has 0 aromatic rings. The molecule has 0 amide bonds. The number of hydrogen-bond acceptors (Lipinski definition) is 4. The van der Waals surface area contributed by atoms with Gasteiger partial charge in [0.2, 0.25) is 0 Å². The van der Waals surface area contributed by atoms with Gasteiger partial charge in [-0.05, 0) is 26.9 Å². The van der Waals surface area contributed by atoms with Gasteiger partial charge in [-0.2, -0.15) is 5.53 Å². The summed E-state index contributed by atoms with van der Waals surface area (Å²) in [5.74, 6) is 0. The van der Waals surface area contributed by atoms with Gasteiger partial charge in [0.1, 0.15) is 0 Å². The van der Waals surface area contributed by atoms with E-state index in [1.54, 1.807) is 0 Å². The van der Waals surface area contributed by atoms with Gasteiger partial charge >= 0.3 is 0 Å². The topological polar surface area (TPSA) is 30.5 Å². The van der Waals surface area contributed by atoms with Crippen LogP contribution in [0.3, 0.4) is 0 Å². The number of rotatable bonds is 3. The average molecular weight is 172 g/mol. The smallest absolute Gasteiger partial charge is 0.0763 e. The third kappa shape index (κ3) is 2.42. The number of nitrogens with zero attached hydrogens (tertiary/aromatic N) is 2. The molecule has 1 aliphatic heterocycles. The Morgan fingerprint density at radius 1 is 1.50 bits per heavy atom. The second-order valence-electron chi connectivity index (χ2n) is 3.44. The van der Waals surface area contributed by atoms with Crippen LogP contribution in [0.5, 0.6) is 0 Å². The van der Waals surface area contributed by atoms with Crippen LogP contribution < -0.4 is 11.0 Å². The van der Waals surface area contributed by atoms with Gasteiger partial charge < -0.3 is 0 Å². The van der Waals surface area contributed by atoms with Gasteiger partial charge in [-0.3, -0.25) is 4.90 Å². The van der Waals surface area contributed by atoms with Crippen LogP contribution in [0.4, 0.5) is 0 Å². The lowest BCUT2D eigenvalue weighted by atomic mass is 10.3. The zero-order valence-electron chi connectivity index (χ0n) is 8.30. The minimum Gasteiger partial charge on any atom is -0.293 e. The fourth-order valence-electron chi connectivity index (χ4n) is 1.64. The van der Waals surface area contributed by atoms with Crippen LogP contribution >= 0.6 is 0 Å². The lowest BCUT2D eigenvalue weighted by Gasteiger charge is -2.38. The zero-order chi connectivity index (χ0) is 8.97. The largest absolute Gasteiger partial charge is 0.293 e. The molecule has 1 fully saturated rings. The van der Waals surface area contributed by atoms with Crippen molar-refractivity contribution in [1.29, 1.82) is 0 Å². The maximum absolute atomic E-state index is 3.19. The Kier molecular flexibility index (Phi) is 3.94. The second kappa shape index (κ2) is 4.77. The molecule has 0 spiro atoms. The number of hydrogen-bond donors (Lipinski definition) is 2. The lowest BCUT2D eigenvalue weighted by molar-refractivity contribution is -0.00498. The fraction of sp³-hybridized carbons (Fsp3) is 1.00. The highest BCUT2D eigenvalue weighted by Gasteiger charge is 2.19. The summed E-state index contributed by atoms with van der Waals surface area (Å²) in [6.07, 6.45) is 2.86. The Morgan fingerprint density at radius 2 is 2.25 bits per heavy atom. The molecule has 1 saturated heterocycles. The highest BCUT2D eigenvalue weighted by molar-refractivity contribution is 4.66. The number of nitrogens with one attached hydrogen (secondary N) is 2. The van der Waals surface area contributed by atoms with E-state index in [-0.39, 0.29) is 0 Å². The molecule has 1 heterocycles. The van der Waals surface area contributed by atoms with Crippen molar-refractivity contribution in [3.63, 3.8) is 0 Å². The normalized spacial score (nSPS) is 23.0. The van der Waals surface area contributed by atoms with Crippen molar-refractivity contribution in [3.05, 3.63) is 0 Å². The van der Waals surface area contributed by atoms with Crippen molar-refractivity contribution < 1.29 is 0 Å². The van der Waals surface area contributed by atoms with Gasteiger partial charge in [-0.1, -0.05) is 6.92 Å². The molecule has 0 aromatic heterocycles. The van der Waals surface area contributed by atoms with E-state index in [0.29, 0.717) is 6.17 Å². The van der Waals surface area contributed by atoms with Gasteiger partial charge in [0.15, 0.2) is 0 Å². The van der Waals surface area contributed by atoms with Crippen LogP contribution in [0.1, 0.15) is 19.8 Å². The summed E-state index contributed by atoms with van der Waals surface area (Å²) in [5.41, 5.74) is 6.35. The van der Waals surface area contributed by atoms with Crippen LogP contribution in [-0.2, 0) is 0 Å². The monoisotopic (exact) mass is 172 g/mol. The van der Waals surface area contributed by atoms with Crippen molar-refractivity contribution >= 4 is 0 Å². The van der Waals surface area contributed by atoms with Gasteiger partial charge in [-0.25, -0.2) is 10.4 Å². The maximum atomic E-state index is 3.19. The van der Waals surface area contributed by atoms with E-state index >= 15 is 0 Å². The summed E-state index contributed by atoms with van der Waals surface area (Å²) in [5, 5.41) is 2.25. The molecule has 1 atom stereocenters. The maximum Gasteiger partial charge on any atom is 0.0763 e. The minimum absolute atomic E-state index is 0.498. The summed E-state index contributed by atoms with van der Waals surface area (Å²) < 4.78 is 0. The quantitative estimate of drug-likeness (QED) is 0.627. The SMILES string of the molecule is CCC(N(C)C)N1CCCNN1. The molecule has 4 heteroatoms. The molecule has 1 unspecified atom stereocenters. The molecule has 0 aromatic carbocycles. The molecular weight excluding hydrogens is 152 g/mol. The van der Waals surface area contributed by atoms with Crippen molar-refractivity contribution in [2.75, 3.05) is 27.2 Å². The third-order valence-electron chi connectivity index (χ3n) is 2.24. The molecule has 0 aliphatic carbocycles. The zero-order valence-corrected chi connectivity index (χ0v) is 8.30. The second-order valence-corrected chi connectivity index (χ2v) is 3.44. The van der Waals surface area contributed by atoms with Crippen LogP contribution in [0.25, 0.3) is 0 Å². The van der Waals surface area contributed by atoms with Gasteiger partial charge in [-0.15, -0.1) is 0 Å². The highest BCUT2D eigenvalue weighted by atomic mass is 15.7. The molecule has 72 valence electrons. The van der Waals surface area contributed by atoms with Gasteiger partial charge in [0.05, 0.1) is 6.17 Å². The molecule has 1 aliphatic rings. The number of hydrazine groups is 2. The van der Waals surface area contributed by atoms with E-state index in [9.17, 15) is 0 Å². The minimum atomic E-state index is 0.498. The first-order chi connectivity index (χ1) is 5.75. The molecule has 2 N–H and O–H groups in total. The molecule has 0 bridgehead atoms. The first-order valence-electron chi connectivity index (χ1n) is 4.67. The Morgan fingerprint density at radius 3 is 2.67 bits per heavy atom. The van der Waals surface area contributed by atoms with Crippen molar-refractivity contribution in [1.82, 2.24) is 20.9 Å². The Hall–Kier alpha value is -0.160. The fourth-order valence-corrected chi connectivity index (χ4v) is 1.64. The first kappa shape index (κ1) is 9.92. The summed E-state index contributed by atoms with van der Waals surface area (Å²) >= 11 is 0. The van der Waals surface area contributed by atoms with E-state index in [0.717, 1.165) is 19.5 Å². The van der Waals surface area contributed by atoms with Crippen LogP contribution in [0, 0.1) is 0 Å². The Balaban J connectivity index is 2.40. The van der Waals surface area contributed by atoms with Crippen molar-refractivity contribution in [3.8, 4) is 0 Å². The highest BCUT2D eigenvalue weighted by Crippen LogP contribution is 2.05. The standard InChI is InChI=1S/C8H20N4/c1-4-8(11(2)3)12-7-5-6-9-10-12/h8-10H,4-7H2,1-3H3. The molecule has 1 rings (SSSR count). The summed E-state index contributed by atoms with van der Waals surface area (Å²) in [6.45, 7) is 4.41. The van der Waals surface area contributed by atoms with E-state index in [4.69, 9.17) is 0 Å². The summed E-state index contributed by atoms with van der Waals surface area (Å²) in [6, 6.07) is 0. The predicted octanol–water partition coefficient (Wildman–Crippen LogP) is -0.001000. The Labute approximate surface area is 74.8 Å². The Bertz CT molecular complexity index is 120. The summed E-state index contributed by atoms with van der Waals surface area (Å²) in [7, 11) is 4.23. The van der Waals surface area contributed by atoms with E-state index in [1.807, 2.05) is 0 Å². The summed E-state index contributed by atoms with van der Waals surface area (Å²) in [4.78, 5) is 2.24. The predicted molar refractivity (Wildman–Crippen MR) is 50.2 cm³/mol. The average Bonchev–Trinajstić information content (AvgIpc) is 2.07. The molecule has 12 heavy (non-hydrogen) atoms. The van der Waals surface area contributed by atoms with Crippen LogP contribution in [0.2, 0.25) is 0 Å². The van der Waals surface area contributed by atoms with Crippen molar-refractivity contribution in [2.45, 2.75) is 25.9 Å². The molecule has 4 nitrogen and oxygen atoms in total. The van der Waals surface area contributed by atoms with E-state index in [1.165, 1.54) is 6.42 Å². The van der Waals surface area contributed by atoms with Gasteiger partial charge in [0, 0.05) is 13.1 Å². The van der Waals surface area contributed by atoms with E-state index in [2.05, 4.69) is 41.9 Å². The lowest BCUT2D eigenvalue weighted by Crippen LogP contribution is -2.60.